The summed E-state index contributed by atoms with van der Waals surface area (Å²) in [6, 6.07) is 10.9. The molecule has 0 heterocycles. The Morgan fingerprint density at radius 2 is 1.87 bits per heavy atom. The van der Waals surface area contributed by atoms with E-state index in [4.69, 9.17) is 11.6 Å². The second-order valence-corrected chi connectivity index (χ2v) is 7.57. The fourth-order valence-electron chi connectivity index (χ4n) is 2.04. The molecule has 4 nitrogen and oxygen atoms in total. The van der Waals surface area contributed by atoms with Crippen LogP contribution in [0.15, 0.2) is 42.5 Å². The Labute approximate surface area is 139 Å². The maximum absolute atomic E-state index is 13.7. The number of rotatable bonds is 5. The zero-order valence-corrected chi connectivity index (χ0v) is 13.9. The van der Waals surface area contributed by atoms with Gasteiger partial charge in [-0.15, -0.1) is 0 Å². The van der Waals surface area contributed by atoms with E-state index in [9.17, 15) is 17.6 Å². The quantitative estimate of drug-likeness (QED) is 0.894. The van der Waals surface area contributed by atoms with Crippen LogP contribution in [-0.2, 0) is 20.4 Å². The zero-order chi connectivity index (χ0) is 17.0. The topological polar surface area (TPSA) is 63.2 Å². The molecule has 2 rings (SSSR count). The molecule has 0 aromatic heterocycles. The second-order valence-electron chi connectivity index (χ2n) is 5.10. The molecule has 122 valence electrons. The number of carbonyl (C=O) groups is 1. The van der Waals surface area contributed by atoms with Crippen molar-refractivity contribution in [3.8, 4) is 0 Å². The number of hydrogen-bond acceptors (Lipinski definition) is 3. The molecule has 7 heteroatoms. The van der Waals surface area contributed by atoms with E-state index < -0.39 is 33.1 Å². The highest BCUT2D eigenvalue weighted by molar-refractivity contribution is 7.91. The SMILES string of the molecule is Cc1ccccc1NC(=O)CS(=O)(=O)Cc1c(F)cccc1Cl. The van der Waals surface area contributed by atoms with Crippen molar-refractivity contribution in [3.05, 3.63) is 64.4 Å². The average molecular weight is 356 g/mol. The fraction of sp³-hybridized carbons (Fsp3) is 0.188. The Kier molecular flexibility index (Phi) is 5.38. The van der Waals surface area contributed by atoms with Crippen LogP contribution in [0.2, 0.25) is 5.02 Å². The van der Waals surface area contributed by atoms with E-state index in [1.165, 1.54) is 12.1 Å². The molecule has 2 aromatic carbocycles. The van der Waals surface area contributed by atoms with Gasteiger partial charge in [-0.25, -0.2) is 12.8 Å². The standard InChI is InChI=1S/C16H15ClFNO3S/c1-11-5-2-3-8-15(11)19-16(20)10-23(21,22)9-12-13(17)6-4-7-14(12)18/h2-8H,9-10H2,1H3,(H,19,20). The Balaban J connectivity index is 2.09. The normalized spacial score (nSPS) is 11.3. The Morgan fingerprint density at radius 3 is 2.52 bits per heavy atom. The predicted octanol–water partition coefficient (Wildman–Crippen LogP) is 3.34. The molecule has 0 saturated heterocycles. The number of amides is 1. The predicted molar refractivity (Wildman–Crippen MR) is 88.7 cm³/mol. The Morgan fingerprint density at radius 1 is 1.17 bits per heavy atom. The highest BCUT2D eigenvalue weighted by Crippen LogP contribution is 2.22. The van der Waals surface area contributed by atoms with Crippen molar-refractivity contribution in [2.75, 3.05) is 11.1 Å². The first kappa shape index (κ1) is 17.4. The van der Waals surface area contributed by atoms with Crippen molar-refractivity contribution >= 4 is 33.0 Å². The van der Waals surface area contributed by atoms with Crippen LogP contribution in [0.1, 0.15) is 11.1 Å². The first-order valence-corrected chi connectivity index (χ1v) is 8.97. The molecular formula is C16H15ClFNO3S. The van der Waals surface area contributed by atoms with E-state index in [-0.39, 0.29) is 10.6 Å². The van der Waals surface area contributed by atoms with E-state index in [1.54, 1.807) is 25.1 Å². The number of benzene rings is 2. The molecule has 0 spiro atoms. The fourth-order valence-corrected chi connectivity index (χ4v) is 3.66. The zero-order valence-electron chi connectivity index (χ0n) is 12.3. The van der Waals surface area contributed by atoms with Gasteiger partial charge in [0.1, 0.15) is 11.6 Å². The molecule has 0 aliphatic carbocycles. The lowest BCUT2D eigenvalue weighted by atomic mass is 10.2. The maximum Gasteiger partial charge on any atom is 0.239 e. The van der Waals surface area contributed by atoms with E-state index in [0.717, 1.165) is 11.6 Å². The molecule has 0 aliphatic rings. The first-order chi connectivity index (χ1) is 10.8. The van der Waals surface area contributed by atoms with Crippen LogP contribution in [0.4, 0.5) is 10.1 Å². The van der Waals surface area contributed by atoms with Gasteiger partial charge in [-0.1, -0.05) is 35.9 Å². The molecule has 1 N–H and O–H groups in total. The highest BCUT2D eigenvalue weighted by atomic mass is 35.5. The van der Waals surface area contributed by atoms with Crippen molar-refractivity contribution < 1.29 is 17.6 Å². The van der Waals surface area contributed by atoms with Gasteiger partial charge in [0, 0.05) is 16.3 Å². The van der Waals surface area contributed by atoms with Gasteiger partial charge in [0.25, 0.3) is 0 Å². The molecule has 0 aliphatic heterocycles. The number of sulfone groups is 1. The van der Waals surface area contributed by atoms with Gasteiger partial charge in [0.15, 0.2) is 9.84 Å². The van der Waals surface area contributed by atoms with Crippen LogP contribution in [0.3, 0.4) is 0 Å². The van der Waals surface area contributed by atoms with Gasteiger partial charge < -0.3 is 5.32 Å². The third-order valence-corrected chi connectivity index (χ3v) is 4.98. The van der Waals surface area contributed by atoms with Gasteiger partial charge in [0.05, 0.1) is 5.75 Å². The monoisotopic (exact) mass is 355 g/mol. The van der Waals surface area contributed by atoms with Crippen LogP contribution in [0.25, 0.3) is 0 Å². The summed E-state index contributed by atoms with van der Waals surface area (Å²) in [6.07, 6.45) is 0. The summed E-state index contributed by atoms with van der Waals surface area (Å²) in [6.45, 7) is 1.79. The summed E-state index contributed by atoms with van der Waals surface area (Å²) >= 11 is 5.82. The third-order valence-electron chi connectivity index (χ3n) is 3.20. The summed E-state index contributed by atoms with van der Waals surface area (Å²) in [7, 11) is -3.85. The van der Waals surface area contributed by atoms with Crippen molar-refractivity contribution in [2.24, 2.45) is 0 Å². The van der Waals surface area contributed by atoms with E-state index >= 15 is 0 Å². The minimum atomic E-state index is -3.85. The molecule has 23 heavy (non-hydrogen) atoms. The molecular weight excluding hydrogens is 341 g/mol. The lowest BCUT2D eigenvalue weighted by molar-refractivity contribution is -0.113. The van der Waals surface area contributed by atoms with Gasteiger partial charge in [0.2, 0.25) is 5.91 Å². The summed E-state index contributed by atoms with van der Waals surface area (Å²) in [5.41, 5.74) is 1.23. The molecule has 0 unspecified atom stereocenters. The van der Waals surface area contributed by atoms with Crippen LogP contribution >= 0.6 is 11.6 Å². The average Bonchev–Trinajstić information content (AvgIpc) is 2.45. The summed E-state index contributed by atoms with van der Waals surface area (Å²) in [5, 5.41) is 2.56. The third kappa shape index (κ3) is 4.77. The number of aryl methyl sites for hydroxylation is 1. The summed E-state index contributed by atoms with van der Waals surface area (Å²) in [4.78, 5) is 11.9. The van der Waals surface area contributed by atoms with Gasteiger partial charge in [-0.05, 0) is 30.7 Å². The van der Waals surface area contributed by atoms with Crippen LogP contribution in [-0.4, -0.2) is 20.1 Å². The van der Waals surface area contributed by atoms with Crippen molar-refractivity contribution in [1.82, 2.24) is 0 Å². The number of nitrogens with one attached hydrogen (secondary N) is 1. The highest BCUT2D eigenvalue weighted by Gasteiger charge is 2.21. The summed E-state index contributed by atoms with van der Waals surface area (Å²) < 4.78 is 37.9. The van der Waals surface area contributed by atoms with Crippen molar-refractivity contribution in [3.63, 3.8) is 0 Å². The Hall–Kier alpha value is -1.92. The number of anilines is 1. The smallest absolute Gasteiger partial charge is 0.239 e. The molecule has 2 aromatic rings. The summed E-state index contributed by atoms with van der Waals surface area (Å²) in [5.74, 6) is -2.75. The van der Waals surface area contributed by atoms with Crippen LogP contribution < -0.4 is 5.32 Å². The number of halogens is 2. The minimum absolute atomic E-state index is 0.0212. The van der Waals surface area contributed by atoms with E-state index in [1.807, 2.05) is 6.07 Å². The van der Waals surface area contributed by atoms with Crippen LogP contribution in [0.5, 0.6) is 0 Å². The molecule has 0 fully saturated rings. The number of carbonyl (C=O) groups excluding carboxylic acids is 1. The van der Waals surface area contributed by atoms with Crippen molar-refractivity contribution in [2.45, 2.75) is 12.7 Å². The van der Waals surface area contributed by atoms with Crippen LogP contribution in [0, 0.1) is 12.7 Å². The van der Waals surface area contributed by atoms with Gasteiger partial charge >= 0.3 is 0 Å². The number of para-hydroxylation sites is 1. The lowest BCUT2D eigenvalue weighted by Gasteiger charge is -2.10. The molecule has 0 atom stereocenters. The number of hydrogen-bond donors (Lipinski definition) is 1. The lowest BCUT2D eigenvalue weighted by Crippen LogP contribution is -2.24. The molecule has 0 saturated carbocycles. The molecule has 0 bridgehead atoms. The van der Waals surface area contributed by atoms with Gasteiger partial charge in [-0.3, -0.25) is 4.79 Å². The van der Waals surface area contributed by atoms with E-state index in [2.05, 4.69) is 5.32 Å². The maximum atomic E-state index is 13.7. The Bertz CT molecular complexity index is 817. The molecule has 0 radical (unpaired) electrons. The largest absolute Gasteiger partial charge is 0.325 e. The first-order valence-electron chi connectivity index (χ1n) is 6.77. The van der Waals surface area contributed by atoms with Gasteiger partial charge in [-0.2, -0.15) is 0 Å². The molecule has 1 amide bonds. The van der Waals surface area contributed by atoms with Crippen molar-refractivity contribution in [1.29, 1.82) is 0 Å². The second kappa shape index (κ2) is 7.10. The van der Waals surface area contributed by atoms with E-state index in [0.29, 0.717) is 5.69 Å². The minimum Gasteiger partial charge on any atom is -0.325 e.